The first kappa shape index (κ1) is 31.6. The van der Waals surface area contributed by atoms with Gasteiger partial charge in [-0.2, -0.15) is 0 Å². The lowest BCUT2D eigenvalue weighted by Gasteiger charge is -2.29. The Labute approximate surface area is 322 Å². The van der Waals surface area contributed by atoms with Gasteiger partial charge in [0.15, 0.2) is 0 Å². The van der Waals surface area contributed by atoms with E-state index in [0.29, 0.717) is 0 Å². The fourth-order valence-corrected chi connectivity index (χ4v) is 9.44. The number of furan rings is 1. The summed E-state index contributed by atoms with van der Waals surface area (Å²) in [6, 6.07) is 72.3. The molecular weight excluding hydrogens is 687 g/mol. The third kappa shape index (κ3) is 5.32. The molecule has 0 N–H and O–H groups in total. The number of nitrogens with zero attached hydrogens (tertiary/aromatic N) is 1. The number of benzene rings is 9. The molecule has 2 aromatic heterocycles. The molecule has 55 heavy (non-hydrogen) atoms. The van der Waals surface area contributed by atoms with Crippen molar-refractivity contribution in [3.8, 4) is 33.4 Å². The Morgan fingerprint density at radius 2 is 0.982 bits per heavy atom. The van der Waals surface area contributed by atoms with Gasteiger partial charge in [-0.15, -0.1) is 11.3 Å². The molecule has 0 spiro atoms. The first-order chi connectivity index (χ1) is 27.3. The van der Waals surface area contributed by atoms with Crippen LogP contribution in [-0.2, 0) is 0 Å². The lowest BCUT2D eigenvalue weighted by molar-refractivity contribution is 0.669. The van der Waals surface area contributed by atoms with E-state index in [2.05, 4.69) is 193 Å². The SMILES string of the molecule is c1cc(-c2ccccc2-c2ccc3ccccc3c2)cc(N(c2ccccc2-c2ccc3c(c2)oc2ccccc23)c2cccc3sc4ccccc4c23)c1. The second-order valence-corrected chi connectivity index (χ2v) is 15.2. The summed E-state index contributed by atoms with van der Waals surface area (Å²) < 4.78 is 8.95. The lowest BCUT2D eigenvalue weighted by atomic mass is 9.93. The highest BCUT2D eigenvalue weighted by atomic mass is 32.1. The molecule has 0 fully saturated rings. The second-order valence-electron chi connectivity index (χ2n) is 14.1. The van der Waals surface area contributed by atoms with E-state index >= 15 is 0 Å². The summed E-state index contributed by atoms with van der Waals surface area (Å²) in [5, 5.41) is 7.27. The Balaban J connectivity index is 1.13. The Kier molecular flexibility index (Phi) is 7.39. The Bertz CT molecular complexity index is 3240. The van der Waals surface area contributed by atoms with Crippen LogP contribution < -0.4 is 4.90 Å². The molecule has 258 valence electrons. The topological polar surface area (TPSA) is 16.4 Å². The summed E-state index contributed by atoms with van der Waals surface area (Å²) in [6.45, 7) is 0. The molecule has 11 rings (SSSR count). The standard InChI is InChI=1S/C52H33NOS/c1-2-14-35-31-37(28-27-34(35)13-1)41-18-4-3-17-40(41)36-15-11-16-39(32-36)53(47-23-12-26-51-52(47)45-21-7-10-25-50(45)55-51)46-22-8-5-19-42(46)38-29-30-44-43-20-6-9-24-48(43)54-49(44)33-38/h1-33H. The van der Waals surface area contributed by atoms with E-state index in [4.69, 9.17) is 4.42 Å². The van der Waals surface area contributed by atoms with Crippen LogP contribution in [0.3, 0.4) is 0 Å². The van der Waals surface area contributed by atoms with Gasteiger partial charge in [-0.25, -0.2) is 0 Å². The highest BCUT2D eigenvalue weighted by Gasteiger charge is 2.22. The molecule has 2 heterocycles. The quantitative estimate of drug-likeness (QED) is 0.170. The van der Waals surface area contributed by atoms with Gasteiger partial charge in [0.2, 0.25) is 0 Å². The van der Waals surface area contributed by atoms with E-state index < -0.39 is 0 Å². The monoisotopic (exact) mass is 719 g/mol. The lowest BCUT2D eigenvalue weighted by Crippen LogP contribution is -2.11. The molecule has 0 bridgehead atoms. The van der Waals surface area contributed by atoms with Crippen molar-refractivity contribution in [1.29, 1.82) is 0 Å². The van der Waals surface area contributed by atoms with Crippen LogP contribution in [0.2, 0.25) is 0 Å². The largest absolute Gasteiger partial charge is 0.456 e. The number of hydrogen-bond acceptors (Lipinski definition) is 3. The van der Waals surface area contributed by atoms with Gasteiger partial charge in [0.25, 0.3) is 0 Å². The number of fused-ring (bicyclic) bond motifs is 7. The average molecular weight is 720 g/mol. The highest BCUT2D eigenvalue weighted by molar-refractivity contribution is 7.26. The maximum atomic E-state index is 6.40. The van der Waals surface area contributed by atoms with Crippen molar-refractivity contribution < 1.29 is 4.42 Å². The molecule has 9 aromatic carbocycles. The summed E-state index contributed by atoms with van der Waals surface area (Å²) in [5.74, 6) is 0. The summed E-state index contributed by atoms with van der Waals surface area (Å²) in [6.07, 6.45) is 0. The van der Waals surface area contributed by atoms with Crippen LogP contribution in [-0.4, -0.2) is 0 Å². The minimum atomic E-state index is 0.887. The Morgan fingerprint density at radius 1 is 0.364 bits per heavy atom. The van der Waals surface area contributed by atoms with Crippen molar-refractivity contribution in [2.45, 2.75) is 0 Å². The van der Waals surface area contributed by atoms with Crippen molar-refractivity contribution in [1.82, 2.24) is 0 Å². The van der Waals surface area contributed by atoms with Gasteiger partial charge in [-0.3, -0.25) is 0 Å². The molecule has 3 heteroatoms. The number of anilines is 3. The van der Waals surface area contributed by atoms with E-state index in [1.54, 1.807) is 0 Å². The van der Waals surface area contributed by atoms with Crippen LogP contribution >= 0.6 is 11.3 Å². The Hall–Kier alpha value is -6.94. The molecule has 0 atom stereocenters. The van der Waals surface area contributed by atoms with E-state index in [1.165, 1.54) is 47.6 Å². The van der Waals surface area contributed by atoms with Crippen molar-refractivity contribution >= 4 is 81.3 Å². The number of para-hydroxylation sites is 2. The first-order valence-corrected chi connectivity index (χ1v) is 19.5. The number of rotatable bonds is 6. The van der Waals surface area contributed by atoms with Crippen molar-refractivity contribution in [3.05, 3.63) is 200 Å². The highest BCUT2D eigenvalue weighted by Crippen LogP contribution is 2.48. The predicted octanol–water partition coefficient (Wildman–Crippen LogP) is 15.6. The molecular formula is C52H33NOS. The first-order valence-electron chi connectivity index (χ1n) is 18.7. The van der Waals surface area contributed by atoms with E-state index in [0.717, 1.165) is 55.7 Å². The zero-order valence-electron chi connectivity index (χ0n) is 29.8. The normalized spacial score (nSPS) is 11.6. The van der Waals surface area contributed by atoms with E-state index in [-0.39, 0.29) is 0 Å². The molecule has 0 radical (unpaired) electrons. The molecule has 0 aliphatic heterocycles. The molecule has 0 saturated carbocycles. The predicted molar refractivity (Wildman–Crippen MR) is 235 cm³/mol. The zero-order valence-corrected chi connectivity index (χ0v) is 30.6. The molecule has 0 amide bonds. The van der Waals surface area contributed by atoms with Crippen LogP contribution in [0.1, 0.15) is 0 Å². The molecule has 0 unspecified atom stereocenters. The van der Waals surface area contributed by atoms with Crippen LogP contribution in [0.4, 0.5) is 17.1 Å². The van der Waals surface area contributed by atoms with Gasteiger partial charge in [-0.1, -0.05) is 140 Å². The van der Waals surface area contributed by atoms with Gasteiger partial charge in [0.05, 0.1) is 11.4 Å². The molecule has 0 saturated heterocycles. The van der Waals surface area contributed by atoms with Crippen LogP contribution in [0, 0.1) is 0 Å². The molecule has 11 aromatic rings. The zero-order chi connectivity index (χ0) is 36.3. The smallest absolute Gasteiger partial charge is 0.136 e. The van der Waals surface area contributed by atoms with Crippen LogP contribution in [0.25, 0.3) is 86.3 Å². The number of hydrogen-bond donors (Lipinski definition) is 0. The summed E-state index contributed by atoms with van der Waals surface area (Å²) in [4.78, 5) is 2.46. The van der Waals surface area contributed by atoms with Gasteiger partial charge in [0, 0.05) is 42.2 Å². The summed E-state index contributed by atoms with van der Waals surface area (Å²) in [7, 11) is 0. The minimum absolute atomic E-state index is 0.887. The Morgan fingerprint density at radius 3 is 1.87 bits per heavy atom. The van der Waals surface area contributed by atoms with Crippen LogP contribution in [0.5, 0.6) is 0 Å². The third-order valence-electron chi connectivity index (χ3n) is 10.9. The maximum Gasteiger partial charge on any atom is 0.136 e. The molecule has 0 aliphatic rings. The fraction of sp³-hybridized carbons (Fsp3) is 0. The van der Waals surface area contributed by atoms with Gasteiger partial charge >= 0.3 is 0 Å². The summed E-state index contributed by atoms with van der Waals surface area (Å²) >= 11 is 1.85. The fourth-order valence-electron chi connectivity index (χ4n) is 8.31. The van der Waals surface area contributed by atoms with Gasteiger partial charge in [-0.05, 0) is 99.3 Å². The molecule has 2 nitrogen and oxygen atoms in total. The number of thiophene rings is 1. The maximum absolute atomic E-state index is 6.40. The summed E-state index contributed by atoms with van der Waals surface area (Å²) in [5.41, 5.74) is 12.1. The van der Waals surface area contributed by atoms with Crippen molar-refractivity contribution in [2.24, 2.45) is 0 Å². The second kappa shape index (κ2) is 12.9. The van der Waals surface area contributed by atoms with Crippen LogP contribution in [0.15, 0.2) is 205 Å². The van der Waals surface area contributed by atoms with Crippen molar-refractivity contribution in [3.63, 3.8) is 0 Å². The minimum Gasteiger partial charge on any atom is -0.456 e. The van der Waals surface area contributed by atoms with Gasteiger partial charge in [0.1, 0.15) is 11.2 Å². The molecule has 0 aliphatic carbocycles. The van der Waals surface area contributed by atoms with Crippen molar-refractivity contribution in [2.75, 3.05) is 4.90 Å². The van der Waals surface area contributed by atoms with E-state index in [9.17, 15) is 0 Å². The van der Waals surface area contributed by atoms with Gasteiger partial charge < -0.3 is 9.32 Å². The average Bonchev–Trinajstić information content (AvgIpc) is 3.82. The third-order valence-corrected chi connectivity index (χ3v) is 12.0. The van der Waals surface area contributed by atoms with E-state index in [1.807, 2.05) is 23.5 Å².